The molecule has 6 heteroatoms. The summed E-state index contributed by atoms with van der Waals surface area (Å²) in [5.74, 6) is -0.0867. The van der Waals surface area contributed by atoms with Gasteiger partial charge in [-0.2, -0.15) is 0 Å². The summed E-state index contributed by atoms with van der Waals surface area (Å²) in [6, 6.07) is 15.4. The molecule has 0 radical (unpaired) electrons. The van der Waals surface area contributed by atoms with E-state index < -0.39 is 6.04 Å². The number of amides is 2. The molecule has 4 nitrogen and oxygen atoms in total. The Labute approximate surface area is 163 Å². The molecule has 2 amide bonds. The second-order valence-electron chi connectivity index (χ2n) is 6.51. The fourth-order valence-electron chi connectivity index (χ4n) is 3.18. The molecule has 0 aliphatic carbocycles. The van der Waals surface area contributed by atoms with Gasteiger partial charge in [0.1, 0.15) is 17.2 Å². The largest absolute Gasteiger partial charge is 0.350 e. The zero-order valence-corrected chi connectivity index (χ0v) is 16.0. The van der Waals surface area contributed by atoms with Gasteiger partial charge in [0.2, 0.25) is 11.8 Å². The monoisotopic (exact) mass is 386 g/mol. The fraction of sp³-hybridized carbons (Fsp3) is 0.333. The van der Waals surface area contributed by atoms with Crippen LogP contribution in [0.5, 0.6) is 0 Å². The summed E-state index contributed by atoms with van der Waals surface area (Å²) in [4.78, 5) is 27.2. The lowest BCUT2D eigenvalue weighted by Gasteiger charge is -2.29. The van der Waals surface area contributed by atoms with Gasteiger partial charge in [0, 0.05) is 18.7 Å². The number of hydrogen-bond acceptors (Lipinski definition) is 3. The predicted molar refractivity (Wildman–Crippen MR) is 105 cm³/mol. The van der Waals surface area contributed by atoms with E-state index in [2.05, 4.69) is 5.32 Å². The van der Waals surface area contributed by atoms with E-state index in [-0.39, 0.29) is 23.0 Å². The first-order valence-electron chi connectivity index (χ1n) is 9.10. The smallest absolute Gasteiger partial charge is 0.243 e. The second-order valence-corrected chi connectivity index (χ2v) is 7.62. The van der Waals surface area contributed by atoms with Gasteiger partial charge in [0.15, 0.2) is 0 Å². The maximum Gasteiger partial charge on any atom is 0.243 e. The van der Waals surface area contributed by atoms with Crippen molar-refractivity contribution in [2.24, 2.45) is 0 Å². The van der Waals surface area contributed by atoms with E-state index in [1.807, 2.05) is 37.3 Å². The normalized spacial score (nSPS) is 19.1. The van der Waals surface area contributed by atoms with E-state index in [0.717, 1.165) is 5.56 Å². The minimum absolute atomic E-state index is 0.0726. The van der Waals surface area contributed by atoms with Crippen LogP contribution in [0.2, 0.25) is 0 Å². The number of carbonyl (C=O) groups is 2. The molecule has 1 N–H and O–H groups in total. The van der Waals surface area contributed by atoms with Crippen molar-refractivity contribution in [3.8, 4) is 0 Å². The fourth-order valence-corrected chi connectivity index (χ4v) is 4.62. The number of halogens is 1. The van der Waals surface area contributed by atoms with E-state index in [0.29, 0.717) is 30.7 Å². The number of hydrogen-bond donors (Lipinski definition) is 1. The molecule has 0 spiro atoms. The molecule has 0 bridgehead atoms. The van der Waals surface area contributed by atoms with E-state index in [9.17, 15) is 14.0 Å². The van der Waals surface area contributed by atoms with Gasteiger partial charge in [-0.05, 0) is 29.7 Å². The van der Waals surface area contributed by atoms with Crippen molar-refractivity contribution in [3.63, 3.8) is 0 Å². The van der Waals surface area contributed by atoms with Crippen LogP contribution in [0.3, 0.4) is 0 Å². The highest BCUT2D eigenvalue weighted by Crippen LogP contribution is 2.42. The summed E-state index contributed by atoms with van der Waals surface area (Å²) in [5, 5.41) is 2.59. The van der Waals surface area contributed by atoms with Crippen LogP contribution in [-0.2, 0) is 16.1 Å². The minimum Gasteiger partial charge on any atom is -0.350 e. The first-order valence-corrected chi connectivity index (χ1v) is 10.1. The molecule has 142 valence electrons. The lowest BCUT2D eigenvalue weighted by molar-refractivity contribution is -0.140. The molecule has 1 saturated heterocycles. The third-order valence-corrected chi connectivity index (χ3v) is 5.82. The first kappa shape index (κ1) is 19.4. The summed E-state index contributed by atoms with van der Waals surface area (Å²) in [5.41, 5.74) is 1.72. The lowest BCUT2D eigenvalue weighted by Crippen LogP contribution is -2.47. The van der Waals surface area contributed by atoms with Gasteiger partial charge < -0.3 is 10.2 Å². The van der Waals surface area contributed by atoms with E-state index in [1.165, 1.54) is 23.9 Å². The van der Waals surface area contributed by atoms with Crippen molar-refractivity contribution in [1.29, 1.82) is 0 Å². The second kappa shape index (κ2) is 9.04. The number of carbonyl (C=O) groups excluding carboxylic acids is 2. The SMILES string of the molecule is CCCC(=O)N1C(C(=O)NCc2ccccc2)CSC1c1cccc(F)c1. The number of nitrogens with zero attached hydrogens (tertiary/aromatic N) is 1. The highest BCUT2D eigenvalue weighted by Gasteiger charge is 2.41. The standard InChI is InChI=1S/C21H23FN2O2S/c1-2-7-19(25)24-18(20(26)23-13-15-8-4-3-5-9-15)14-27-21(24)16-10-6-11-17(22)12-16/h3-6,8-12,18,21H,2,7,13-14H2,1H3,(H,23,26). The molecule has 1 aliphatic rings. The van der Waals surface area contributed by atoms with E-state index >= 15 is 0 Å². The van der Waals surface area contributed by atoms with Crippen LogP contribution in [0.25, 0.3) is 0 Å². The Balaban J connectivity index is 1.76. The average molecular weight is 386 g/mol. The van der Waals surface area contributed by atoms with Crippen molar-refractivity contribution in [1.82, 2.24) is 10.2 Å². The van der Waals surface area contributed by atoms with Crippen LogP contribution in [0.4, 0.5) is 4.39 Å². The zero-order chi connectivity index (χ0) is 19.2. The number of thioether (sulfide) groups is 1. The molecule has 1 fully saturated rings. The number of rotatable bonds is 6. The Hall–Kier alpha value is -2.34. The summed E-state index contributed by atoms with van der Waals surface area (Å²) in [6.45, 7) is 2.35. The van der Waals surface area contributed by atoms with Crippen LogP contribution in [0.1, 0.15) is 36.3 Å². The van der Waals surface area contributed by atoms with Crippen molar-refractivity contribution >= 4 is 23.6 Å². The molecule has 0 aromatic heterocycles. The summed E-state index contributed by atoms with van der Waals surface area (Å²) in [7, 11) is 0. The van der Waals surface area contributed by atoms with Crippen LogP contribution in [0, 0.1) is 5.82 Å². The van der Waals surface area contributed by atoms with Crippen molar-refractivity contribution in [2.45, 2.75) is 37.7 Å². The Morgan fingerprint density at radius 3 is 2.67 bits per heavy atom. The van der Waals surface area contributed by atoms with Gasteiger partial charge in [-0.15, -0.1) is 11.8 Å². The van der Waals surface area contributed by atoms with Crippen LogP contribution in [-0.4, -0.2) is 28.5 Å². The van der Waals surface area contributed by atoms with Crippen molar-refractivity contribution in [3.05, 3.63) is 71.5 Å². The predicted octanol–water partition coefficient (Wildman–Crippen LogP) is 3.88. The molecular formula is C21H23FN2O2S. The quantitative estimate of drug-likeness (QED) is 0.820. The molecule has 2 unspecified atom stereocenters. The van der Waals surface area contributed by atoms with Crippen molar-refractivity contribution in [2.75, 3.05) is 5.75 Å². The molecule has 1 aliphatic heterocycles. The molecule has 27 heavy (non-hydrogen) atoms. The number of benzene rings is 2. The molecular weight excluding hydrogens is 363 g/mol. The summed E-state index contributed by atoms with van der Waals surface area (Å²) < 4.78 is 13.7. The van der Waals surface area contributed by atoms with Crippen molar-refractivity contribution < 1.29 is 14.0 Å². The highest BCUT2D eigenvalue weighted by atomic mass is 32.2. The molecule has 2 aromatic carbocycles. The van der Waals surface area contributed by atoms with Gasteiger partial charge >= 0.3 is 0 Å². The molecule has 1 heterocycles. The lowest BCUT2D eigenvalue weighted by atomic mass is 10.1. The highest BCUT2D eigenvalue weighted by molar-refractivity contribution is 7.99. The summed E-state index contributed by atoms with van der Waals surface area (Å²) in [6.07, 6.45) is 1.07. The Morgan fingerprint density at radius 1 is 1.19 bits per heavy atom. The van der Waals surface area contributed by atoms with Crippen LogP contribution < -0.4 is 5.32 Å². The zero-order valence-electron chi connectivity index (χ0n) is 15.2. The maximum absolute atomic E-state index is 13.7. The molecule has 3 rings (SSSR count). The van der Waals surface area contributed by atoms with Gasteiger partial charge in [-0.3, -0.25) is 9.59 Å². The Bertz CT molecular complexity index is 800. The first-order chi connectivity index (χ1) is 13.1. The van der Waals surface area contributed by atoms with Crippen LogP contribution in [0.15, 0.2) is 54.6 Å². The Morgan fingerprint density at radius 2 is 1.96 bits per heavy atom. The van der Waals surface area contributed by atoms with Gasteiger partial charge in [0.05, 0.1) is 0 Å². The average Bonchev–Trinajstić information content (AvgIpc) is 3.12. The Kier molecular flexibility index (Phi) is 6.50. The number of nitrogens with one attached hydrogen (secondary N) is 1. The summed E-state index contributed by atoms with van der Waals surface area (Å²) >= 11 is 1.50. The third-order valence-electron chi connectivity index (χ3n) is 4.50. The molecule has 2 aromatic rings. The molecule has 2 atom stereocenters. The maximum atomic E-state index is 13.7. The van der Waals surface area contributed by atoms with Crippen LogP contribution >= 0.6 is 11.8 Å². The topological polar surface area (TPSA) is 49.4 Å². The van der Waals surface area contributed by atoms with E-state index in [4.69, 9.17) is 0 Å². The van der Waals surface area contributed by atoms with Gasteiger partial charge in [0.25, 0.3) is 0 Å². The minimum atomic E-state index is -0.550. The third kappa shape index (κ3) is 4.69. The van der Waals surface area contributed by atoms with Gasteiger partial charge in [-0.1, -0.05) is 49.4 Å². The van der Waals surface area contributed by atoms with E-state index in [1.54, 1.807) is 17.0 Å². The molecule has 0 saturated carbocycles. The van der Waals surface area contributed by atoms with Gasteiger partial charge in [-0.25, -0.2) is 4.39 Å².